The van der Waals surface area contributed by atoms with Crippen molar-refractivity contribution in [2.45, 2.75) is 71.8 Å². The van der Waals surface area contributed by atoms with Crippen molar-refractivity contribution in [2.75, 3.05) is 0 Å². The molecule has 3 fully saturated rings. The van der Waals surface area contributed by atoms with E-state index < -0.39 is 0 Å². The highest BCUT2D eigenvalue weighted by Gasteiger charge is 2.56. The van der Waals surface area contributed by atoms with Crippen LogP contribution in [0.1, 0.15) is 65.7 Å². The molecule has 0 heterocycles. The number of aliphatic hydroxyl groups excluding tert-OH is 1. The van der Waals surface area contributed by atoms with E-state index in [-0.39, 0.29) is 16.9 Å². The largest absolute Gasteiger partial charge is 0.411 e. The van der Waals surface area contributed by atoms with E-state index in [2.05, 4.69) is 31.2 Å². The van der Waals surface area contributed by atoms with Crippen molar-refractivity contribution in [2.24, 2.45) is 33.7 Å². The number of rotatable bonds is 1. The van der Waals surface area contributed by atoms with Gasteiger partial charge in [0.05, 0.1) is 11.8 Å². The van der Waals surface area contributed by atoms with Gasteiger partial charge in [-0.15, -0.1) is 0 Å². The third kappa shape index (κ3) is 2.09. The van der Waals surface area contributed by atoms with Crippen LogP contribution in [0.25, 0.3) is 0 Å². The first kappa shape index (κ1) is 16.4. The van der Waals surface area contributed by atoms with Crippen molar-refractivity contribution < 1.29 is 10.3 Å². The Labute approximate surface area is 145 Å². The Kier molecular flexibility index (Phi) is 3.72. The predicted molar refractivity (Wildman–Crippen MR) is 96.1 cm³/mol. The fourth-order valence-electron chi connectivity index (χ4n) is 6.74. The second kappa shape index (κ2) is 5.45. The van der Waals surface area contributed by atoms with Crippen LogP contribution in [-0.2, 0) is 0 Å². The van der Waals surface area contributed by atoms with Gasteiger partial charge in [-0.2, -0.15) is 0 Å². The molecule has 0 bridgehead atoms. The molecule has 0 saturated heterocycles. The van der Waals surface area contributed by atoms with Crippen molar-refractivity contribution in [3.63, 3.8) is 0 Å². The molecule has 3 saturated carbocycles. The van der Waals surface area contributed by atoms with Crippen LogP contribution in [0.5, 0.6) is 0 Å². The standard InChI is InChI=1S/C21H31NO2/c1-13(22-24)17-6-7-18-16-5-4-14-12-15(23)8-10-20(14,2)19(16)9-11-21(17,18)3/h4-5,15,17-19,23-24H,6-12H2,1-3H3/b22-13-/t15-,17+,18-,19-,20-,21+/m0/s1. The summed E-state index contributed by atoms with van der Waals surface area (Å²) in [6.07, 6.45) is 12.3. The van der Waals surface area contributed by atoms with Crippen molar-refractivity contribution in [3.8, 4) is 0 Å². The maximum absolute atomic E-state index is 10.1. The van der Waals surface area contributed by atoms with Crippen molar-refractivity contribution in [1.82, 2.24) is 0 Å². The Balaban J connectivity index is 1.71. The third-order valence-electron chi connectivity index (χ3n) is 8.21. The molecule has 4 aliphatic rings. The minimum absolute atomic E-state index is 0.146. The summed E-state index contributed by atoms with van der Waals surface area (Å²) in [5, 5.41) is 22.9. The lowest BCUT2D eigenvalue weighted by molar-refractivity contribution is 0.0527. The normalized spacial score (nSPS) is 48.1. The monoisotopic (exact) mass is 329 g/mol. The molecule has 132 valence electrons. The molecule has 0 unspecified atom stereocenters. The number of fused-ring (bicyclic) bond motifs is 5. The van der Waals surface area contributed by atoms with Crippen molar-refractivity contribution in [1.29, 1.82) is 0 Å². The van der Waals surface area contributed by atoms with Crippen LogP contribution in [0.3, 0.4) is 0 Å². The molecule has 0 aromatic heterocycles. The molecule has 0 radical (unpaired) electrons. The molecule has 4 aliphatic carbocycles. The number of nitrogens with zero attached hydrogens (tertiary/aromatic N) is 1. The number of allylic oxidation sites excluding steroid dienone is 3. The van der Waals surface area contributed by atoms with Gasteiger partial charge in [-0.3, -0.25) is 0 Å². The van der Waals surface area contributed by atoms with Gasteiger partial charge in [0.25, 0.3) is 0 Å². The van der Waals surface area contributed by atoms with E-state index in [9.17, 15) is 10.3 Å². The minimum Gasteiger partial charge on any atom is -0.411 e. The molecule has 0 aromatic carbocycles. The minimum atomic E-state index is -0.146. The van der Waals surface area contributed by atoms with Gasteiger partial charge in [0.15, 0.2) is 0 Å². The van der Waals surface area contributed by atoms with Gasteiger partial charge in [0.2, 0.25) is 0 Å². The summed E-state index contributed by atoms with van der Waals surface area (Å²) >= 11 is 0. The molecule has 3 nitrogen and oxygen atoms in total. The SMILES string of the molecule is C/C(=N/O)[C@H]1CC[C@H]2C3=CC=C4C[C@@H](O)CC[C@]4(C)[C@H]3CC[C@]12C. The summed E-state index contributed by atoms with van der Waals surface area (Å²) in [6, 6.07) is 0. The van der Waals surface area contributed by atoms with E-state index in [4.69, 9.17) is 0 Å². The molecule has 0 aliphatic heterocycles. The first-order chi connectivity index (χ1) is 11.4. The fraction of sp³-hybridized carbons (Fsp3) is 0.762. The van der Waals surface area contributed by atoms with Crippen molar-refractivity contribution >= 4 is 5.71 Å². The van der Waals surface area contributed by atoms with Gasteiger partial charge < -0.3 is 10.3 Å². The zero-order valence-corrected chi connectivity index (χ0v) is 15.3. The first-order valence-corrected chi connectivity index (χ1v) is 9.68. The second-order valence-electron chi connectivity index (χ2n) is 9.19. The van der Waals surface area contributed by atoms with Gasteiger partial charge in [-0.1, -0.05) is 42.3 Å². The van der Waals surface area contributed by atoms with Crippen LogP contribution >= 0.6 is 0 Å². The quantitative estimate of drug-likeness (QED) is 0.416. The smallest absolute Gasteiger partial charge is 0.0578 e. The third-order valence-corrected chi connectivity index (χ3v) is 8.21. The van der Waals surface area contributed by atoms with Crippen LogP contribution in [0.4, 0.5) is 0 Å². The van der Waals surface area contributed by atoms with Gasteiger partial charge in [0, 0.05) is 5.92 Å². The molecule has 3 heteroatoms. The Morgan fingerprint density at radius 3 is 2.62 bits per heavy atom. The summed E-state index contributed by atoms with van der Waals surface area (Å²) in [5.41, 5.74) is 4.54. The highest BCUT2D eigenvalue weighted by atomic mass is 16.4. The first-order valence-electron chi connectivity index (χ1n) is 9.68. The lowest BCUT2D eigenvalue weighted by atomic mass is 9.50. The lowest BCUT2D eigenvalue weighted by Crippen LogP contribution is -2.46. The lowest BCUT2D eigenvalue weighted by Gasteiger charge is -2.54. The average molecular weight is 329 g/mol. The number of aliphatic hydroxyl groups is 1. The average Bonchev–Trinajstić information content (AvgIpc) is 2.92. The number of oxime groups is 1. The maximum Gasteiger partial charge on any atom is 0.0578 e. The second-order valence-corrected chi connectivity index (χ2v) is 9.19. The zero-order chi connectivity index (χ0) is 17.1. The molecule has 0 aromatic rings. The topological polar surface area (TPSA) is 52.8 Å². The predicted octanol–water partition coefficient (Wildman–Crippen LogP) is 4.70. The fourth-order valence-corrected chi connectivity index (χ4v) is 6.74. The molecule has 0 spiro atoms. The highest BCUT2D eigenvalue weighted by molar-refractivity contribution is 5.85. The van der Waals surface area contributed by atoms with Crippen LogP contribution in [0.15, 0.2) is 28.5 Å². The molecular weight excluding hydrogens is 298 g/mol. The summed E-state index contributed by atoms with van der Waals surface area (Å²) in [5.74, 6) is 1.69. The van der Waals surface area contributed by atoms with Crippen LogP contribution in [-0.4, -0.2) is 22.1 Å². The molecule has 6 atom stereocenters. The Bertz CT molecular complexity index is 634. The van der Waals surface area contributed by atoms with Crippen molar-refractivity contribution in [3.05, 3.63) is 23.3 Å². The molecular formula is C21H31NO2. The van der Waals surface area contributed by atoms with Gasteiger partial charge in [-0.25, -0.2) is 0 Å². The Morgan fingerprint density at radius 2 is 1.88 bits per heavy atom. The van der Waals surface area contributed by atoms with E-state index in [0.717, 1.165) is 31.4 Å². The maximum atomic E-state index is 10.1. The van der Waals surface area contributed by atoms with E-state index in [0.29, 0.717) is 17.8 Å². The van der Waals surface area contributed by atoms with E-state index >= 15 is 0 Å². The molecule has 4 rings (SSSR count). The van der Waals surface area contributed by atoms with Crippen LogP contribution < -0.4 is 0 Å². The summed E-state index contributed by atoms with van der Waals surface area (Å²) < 4.78 is 0. The van der Waals surface area contributed by atoms with Crippen LogP contribution in [0.2, 0.25) is 0 Å². The summed E-state index contributed by atoms with van der Waals surface area (Å²) in [4.78, 5) is 0. The summed E-state index contributed by atoms with van der Waals surface area (Å²) in [7, 11) is 0. The number of hydrogen-bond acceptors (Lipinski definition) is 3. The summed E-state index contributed by atoms with van der Waals surface area (Å²) in [6.45, 7) is 6.85. The Morgan fingerprint density at radius 1 is 1.08 bits per heavy atom. The molecule has 0 amide bonds. The number of hydrogen-bond donors (Lipinski definition) is 2. The van der Waals surface area contributed by atoms with Crippen LogP contribution in [0, 0.1) is 28.6 Å². The van der Waals surface area contributed by atoms with Gasteiger partial charge in [0.1, 0.15) is 0 Å². The molecule has 2 N–H and O–H groups in total. The highest BCUT2D eigenvalue weighted by Crippen LogP contribution is 2.65. The molecule has 24 heavy (non-hydrogen) atoms. The van der Waals surface area contributed by atoms with E-state index in [1.54, 1.807) is 5.57 Å². The van der Waals surface area contributed by atoms with Gasteiger partial charge >= 0.3 is 0 Å². The van der Waals surface area contributed by atoms with Gasteiger partial charge in [-0.05, 0) is 74.5 Å². The Hall–Kier alpha value is -1.09. The van der Waals surface area contributed by atoms with E-state index in [1.165, 1.54) is 24.8 Å². The zero-order valence-electron chi connectivity index (χ0n) is 15.3. The van der Waals surface area contributed by atoms with E-state index in [1.807, 2.05) is 6.92 Å².